The van der Waals surface area contributed by atoms with Crippen LogP contribution in [0.1, 0.15) is 65.6 Å². The standard InChI is InChI=1S/C28H20F2N6O2.2C3H8.C2H6/c1-15-5-4-6-16-11-18(36(28(38)23(15)16)21-8-3-2-7-19(21)29)13-35-27-24(26(31)32-14-33-27)25(34-35)17-9-10-20(30)22(37)12-17;2*1-3-2;1-2/h2-12,14,37H,13H2,1H3,(H2,31,32,33);2*3H2,1-2H3;1-2H3. The van der Waals surface area contributed by atoms with Gasteiger partial charge >= 0.3 is 0 Å². The van der Waals surface area contributed by atoms with Gasteiger partial charge in [-0.3, -0.25) is 9.36 Å². The van der Waals surface area contributed by atoms with Crippen LogP contribution < -0.4 is 11.3 Å². The second-order valence-electron chi connectivity index (χ2n) is 10.3. The highest BCUT2D eigenvalue weighted by Gasteiger charge is 2.21. The minimum Gasteiger partial charge on any atom is -0.505 e. The molecule has 0 aliphatic rings. The summed E-state index contributed by atoms with van der Waals surface area (Å²) in [4.78, 5) is 22.2. The van der Waals surface area contributed by atoms with Crippen molar-refractivity contribution in [3.05, 3.63) is 106 Å². The molecule has 0 aliphatic carbocycles. The van der Waals surface area contributed by atoms with E-state index in [4.69, 9.17) is 5.73 Å². The van der Waals surface area contributed by atoms with Gasteiger partial charge in [0.05, 0.1) is 23.0 Å². The van der Waals surface area contributed by atoms with Crippen molar-refractivity contribution in [1.82, 2.24) is 24.3 Å². The van der Waals surface area contributed by atoms with Crippen LogP contribution in [0.25, 0.3) is 38.8 Å². The summed E-state index contributed by atoms with van der Waals surface area (Å²) in [5, 5.41) is 16.2. The Labute approximate surface area is 268 Å². The van der Waals surface area contributed by atoms with Crippen LogP contribution >= 0.6 is 0 Å². The number of pyridine rings is 1. The molecule has 3 N–H and O–H groups in total. The number of phenols is 1. The van der Waals surface area contributed by atoms with Gasteiger partial charge < -0.3 is 10.8 Å². The minimum absolute atomic E-state index is 0.0214. The lowest BCUT2D eigenvalue weighted by atomic mass is 10.1. The summed E-state index contributed by atoms with van der Waals surface area (Å²) in [6, 6.07) is 17.2. The van der Waals surface area contributed by atoms with Gasteiger partial charge in [0.1, 0.15) is 23.7 Å². The van der Waals surface area contributed by atoms with Gasteiger partial charge in [-0.15, -0.1) is 0 Å². The van der Waals surface area contributed by atoms with E-state index in [9.17, 15) is 14.3 Å². The molecular formula is C36H42F2N6O2. The summed E-state index contributed by atoms with van der Waals surface area (Å²) in [5.74, 6) is -1.73. The number of benzene rings is 3. The Morgan fingerprint density at radius 2 is 1.52 bits per heavy atom. The van der Waals surface area contributed by atoms with E-state index in [0.717, 1.165) is 11.6 Å². The smallest absolute Gasteiger partial charge is 0.263 e. The molecule has 3 aromatic carbocycles. The van der Waals surface area contributed by atoms with Crippen LogP contribution in [-0.4, -0.2) is 29.4 Å². The van der Waals surface area contributed by atoms with E-state index in [1.807, 2.05) is 45.0 Å². The van der Waals surface area contributed by atoms with E-state index in [-0.39, 0.29) is 23.6 Å². The van der Waals surface area contributed by atoms with E-state index >= 15 is 4.39 Å². The van der Waals surface area contributed by atoms with Crippen molar-refractivity contribution in [2.75, 3.05) is 5.73 Å². The Balaban J connectivity index is 0.000000659. The fourth-order valence-corrected chi connectivity index (χ4v) is 4.76. The van der Waals surface area contributed by atoms with Crippen LogP contribution in [-0.2, 0) is 6.54 Å². The number of phenolic OH excluding ortho intramolecular Hbond substituents is 1. The zero-order valence-corrected chi connectivity index (χ0v) is 27.5. The summed E-state index contributed by atoms with van der Waals surface area (Å²) in [6.45, 7) is 14.4. The average Bonchev–Trinajstić information content (AvgIpc) is 3.40. The molecule has 0 fully saturated rings. The molecule has 8 nitrogen and oxygen atoms in total. The van der Waals surface area contributed by atoms with Gasteiger partial charge in [-0.2, -0.15) is 5.10 Å². The van der Waals surface area contributed by atoms with E-state index in [0.29, 0.717) is 38.8 Å². The van der Waals surface area contributed by atoms with Gasteiger partial charge in [0, 0.05) is 11.3 Å². The minimum atomic E-state index is -0.776. The Morgan fingerprint density at radius 3 is 2.17 bits per heavy atom. The third-order valence-electron chi connectivity index (χ3n) is 6.51. The van der Waals surface area contributed by atoms with Crippen LogP contribution in [0.15, 0.2) is 77.9 Å². The van der Waals surface area contributed by atoms with E-state index < -0.39 is 17.4 Å². The largest absolute Gasteiger partial charge is 0.505 e. The number of fused-ring (bicyclic) bond motifs is 2. The first-order valence-electron chi connectivity index (χ1n) is 15.5. The molecule has 0 amide bonds. The molecule has 46 heavy (non-hydrogen) atoms. The zero-order chi connectivity index (χ0) is 34.0. The Morgan fingerprint density at radius 1 is 0.848 bits per heavy atom. The summed E-state index contributed by atoms with van der Waals surface area (Å²) < 4.78 is 31.6. The molecule has 6 rings (SSSR count). The molecule has 0 unspecified atom stereocenters. The first-order valence-corrected chi connectivity index (χ1v) is 15.5. The molecule has 0 spiro atoms. The van der Waals surface area contributed by atoms with Crippen molar-refractivity contribution in [3.63, 3.8) is 0 Å². The number of aryl methyl sites for hydroxylation is 1. The molecule has 242 valence electrons. The molecule has 6 aromatic rings. The number of nitrogens with zero attached hydrogens (tertiary/aromatic N) is 5. The number of anilines is 1. The van der Waals surface area contributed by atoms with Crippen LogP contribution in [0.3, 0.4) is 0 Å². The topological polar surface area (TPSA) is 112 Å². The summed E-state index contributed by atoms with van der Waals surface area (Å²) in [7, 11) is 0. The van der Waals surface area contributed by atoms with Crippen LogP contribution in [0.5, 0.6) is 5.75 Å². The molecule has 0 radical (unpaired) electrons. The predicted octanol–water partition coefficient (Wildman–Crippen LogP) is 8.58. The molecule has 10 heteroatoms. The predicted molar refractivity (Wildman–Crippen MR) is 183 cm³/mol. The van der Waals surface area contributed by atoms with Gasteiger partial charge in [-0.05, 0) is 54.3 Å². The van der Waals surface area contributed by atoms with Gasteiger partial charge in [0.15, 0.2) is 17.2 Å². The first-order chi connectivity index (χ1) is 22.2. The van der Waals surface area contributed by atoms with Crippen LogP contribution in [0.2, 0.25) is 0 Å². The quantitative estimate of drug-likeness (QED) is 0.202. The number of nitrogen functional groups attached to an aromatic ring is 1. The van der Waals surface area contributed by atoms with Crippen molar-refractivity contribution < 1.29 is 13.9 Å². The lowest BCUT2D eigenvalue weighted by Gasteiger charge is -2.16. The number of aromatic hydroxyl groups is 1. The molecular weight excluding hydrogens is 586 g/mol. The Bertz CT molecular complexity index is 1980. The summed E-state index contributed by atoms with van der Waals surface area (Å²) in [5.41, 5.74) is 8.22. The zero-order valence-electron chi connectivity index (χ0n) is 27.5. The number of halogens is 2. The third kappa shape index (κ3) is 7.39. The maximum atomic E-state index is 15.0. The van der Waals surface area contributed by atoms with E-state index in [1.54, 1.807) is 18.2 Å². The lowest BCUT2D eigenvalue weighted by molar-refractivity contribution is 0.432. The first kappa shape index (κ1) is 35.4. The maximum absolute atomic E-state index is 15.0. The number of hydrogen-bond acceptors (Lipinski definition) is 6. The number of rotatable bonds is 4. The normalized spacial score (nSPS) is 10.4. The molecule has 0 aliphatic heterocycles. The highest BCUT2D eigenvalue weighted by molar-refractivity contribution is 5.98. The third-order valence-corrected chi connectivity index (χ3v) is 6.51. The molecule has 0 atom stereocenters. The molecule has 3 heterocycles. The van der Waals surface area contributed by atoms with Gasteiger partial charge in [0.2, 0.25) is 0 Å². The second kappa shape index (κ2) is 16.3. The van der Waals surface area contributed by atoms with Crippen LogP contribution in [0.4, 0.5) is 14.6 Å². The fourth-order valence-electron chi connectivity index (χ4n) is 4.76. The highest BCUT2D eigenvalue weighted by atomic mass is 19.1. The van der Waals surface area contributed by atoms with Crippen molar-refractivity contribution in [1.29, 1.82) is 0 Å². The SMILES string of the molecule is CC.CCC.CCC.Cc1cccc2cc(Cn3nc(-c4ccc(F)c(O)c4)c4c(N)ncnc43)n(-c3ccccc3F)c(=O)c12. The number of nitrogens with two attached hydrogens (primary N) is 1. The Kier molecular flexibility index (Phi) is 12.5. The van der Waals surface area contributed by atoms with Crippen molar-refractivity contribution in [3.8, 4) is 22.7 Å². The summed E-state index contributed by atoms with van der Waals surface area (Å²) >= 11 is 0. The van der Waals surface area contributed by atoms with E-state index in [1.165, 1.54) is 46.6 Å². The lowest BCUT2D eigenvalue weighted by Crippen LogP contribution is -2.25. The Hall–Kier alpha value is -5.12. The molecule has 0 saturated carbocycles. The number of aromatic nitrogens is 5. The summed E-state index contributed by atoms with van der Waals surface area (Å²) in [6.07, 6.45) is 3.79. The molecule has 0 saturated heterocycles. The monoisotopic (exact) mass is 628 g/mol. The van der Waals surface area contributed by atoms with Crippen molar-refractivity contribution in [2.24, 2.45) is 0 Å². The van der Waals surface area contributed by atoms with Gasteiger partial charge in [-0.1, -0.05) is 84.7 Å². The number of para-hydroxylation sites is 1. The number of hydrogen-bond donors (Lipinski definition) is 2. The maximum Gasteiger partial charge on any atom is 0.263 e. The van der Waals surface area contributed by atoms with E-state index in [2.05, 4.69) is 42.8 Å². The van der Waals surface area contributed by atoms with Crippen LogP contribution in [0, 0.1) is 18.6 Å². The second-order valence-corrected chi connectivity index (χ2v) is 10.3. The van der Waals surface area contributed by atoms with Crippen molar-refractivity contribution >= 4 is 27.6 Å². The molecule has 0 bridgehead atoms. The molecule has 3 aromatic heterocycles. The fraction of sp³-hybridized carbons (Fsp3) is 0.278. The average molecular weight is 629 g/mol. The van der Waals surface area contributed by atoms with Gasteiger partial charge in [-0.25, -0.2) is 23.4 Å². The van der Waals surface area contributed by atoms with Crippen molar-refractivity contribution in [2.45, 2.75) is 67.9 Å². The highest BCUT2D eigenvalue weighted by Crippen LogP contribution is 2.33. The van der Waals surface area contributed by atoms with Gasteiger partial charge in [0.25, 0.3) is 5.56 Å².